The van der Waals surface area contributed by atoms with Gasteiger partial charge < -0.3 is 19.1 Å². The number of hydrogen-bond donors (Lipinski definition) is 0. The summed E-state index contributed by atoms with van der Waals surface area (Å²) >= 11 is 0. The normalized spacial score (nSPS) is 17.7. The summed E-state index contributed by atoms with van der Waals surface area (Å²) in [5, 5.41) is 0. The van der Waals surface area contributed by atoms with Crippen LogP contribution in [-0.2, 0) is 0 Å². The first-order valence-corrected chi connectivity index (χ1v) is 7.43. The van der Waals surface area contributed by atoms with Crippen LogP contribution in [0.4, 0.5) is 5.95 Å². The minimum Gasteiger partial charge on any atom is -0.494 e. The lowest BCUT2D eigenvalue weighted by Gasteiger charge is -2.32. The van der Waals surface area contributed by atoms with Crippen molar-refractivity contribution in [2.75, 3.05) is 32.2 Å². The highest BCUT2D eigenvalue weighted by atomic mass is 16.5. The standard InChI is InChI=1S/C15H19N5O3/c1-21-12-8-17-15(18-9-12)23-11-4-3-7-20(10-11)14-16-6-5-13(19-14)22-2/h5-6,8-9,11H,3-4,7,10H2,1-2H3. The Labute approximate surface area is 134 Å². The number of ether oxygens (including phenoxy) is 3. The molecule has 1 unspecified atom stereocenters. The molecule has 0 spiro atoms. The van der Waals surface area contributed by atoms with Gasteiger partial charge in [-0.3, -0.25) is 0 Å². The second kappa shape index (κ2) is 7.08. The summed E-state index contributed by atoms with van der Waals surface area (Å²) in [5.41, 5.74) is 0. The first kappa shape index (κ1) is 15.3. The number of rotatable bonds is 5. The average Bonchev–Trinajstić information content (AvgIpc) is 2.63. The van der Waals surface area contributed by atoms with E-state index in [0.29, 0.717) is 30.1 Å². The summed E-state index contributed by atoms with van der Waals surface area (Å²) in [4.78, 5) is 19.0. The Morgan fingerprint density at radius 3 is 2.70 bits per heavy atom. The van der Waals surface area contributed by atoms with Crippen molar-refractivity contribution >= 4 is 5.95 Å². The van der Waals surface area contributed by atoms with Gasteiger partial charge in [-0.25, -0.2) is 4.98 Å². The zero-order valence-electron chi connectivity index (χ0n) is 13.2. The molecule has 1 saturated heterocycles. The fourth-order valence-electron chi connectivity index (χ4n) is 2.43. The number of anilines is 1. The van der Waals surface area contributed by atoms with E-state index < -0.39 is 0 Å². The molecule has 2 aromatic rings. The summed E-state index contributed by atoms with van der Waals surface area (Å²) in [7, 11) is 3.17. The fraction of sp³-hybridized carbons (Fsp3) is 0.467. The first-order chi connectivity index (χ1) is 11.3. The van der Waals surface area contributed by atoms with Gasteiger partial charge in [-0.1, -0.05) is 0 Å². The van der Waals surface area contributed by atoms with Crippen molar-refractivity contribution in [3.05, 3.63) is 24.7 Å². The monoisotopic (exact) mass is 317 g/mol. The molecule has 1 aliphatic heterocycles. The van der Waals surface area contributed by atoms with Gasteiger partial charge in [0.25, 0.3) is 0 Å². The molecule has 3 heterocycles. The molecule has 8 nitrogen and oxygen atoms in total. The Morgan fingerprint density at radius 2 is 1.96 bits per heavy atom. The van der Waals surface area contributed by atoms with Gasteiger partial charge in [-0.05, 0) is 12.8 Å². The lowest BCUT2D eigenvalue weighted by atomic mass is 10.1. The van der Waals surface area contributed by atoms with Gasteiger partial charge in [0.15, 0.2) is 5.75 Å². The van der Waals surface area contributed by atoms with Crippen LogP contribution in [-0.4, -0.2) is 53.3 Å². The van der Waals surface area contributed by atoms with Crippen LogP contribution < -0.4 is 19.1 Å². The van der Waals surface area contributed by atoms with Gasteiger partial charge in [-0.15, -0.1) is 0 Å². The van der Waals surface area contributed by atoms with Crippen LogP contribution in [0.15, 0.2) is 24.7 Å². The van der Waals surface area contributed by atoms with Gasteiger partial charge >= 0.3 is 6.01 Å². The Kier molecular flexibility index (Phi) is 4.70. The van der Waals surface area contributed by atoms with Crippen LogP contribution in [0.2, 0.25) is 0 Å². The topological polar surface area (TPSA) is 82.5 Å². The van der Waals surface area contributed by atoms with Gasteiger partial charge in [0.05, 0.1) is 33.2 Å². The molecule has 0 aromatic carbocycles. The highest BCUT2D eigenvalue weighted by Crippen LogP contribution is 2.20. The van der Waals surface area contributed by atoms with Gasteiger partial charge in [-0.2, -0.15) is 15.0 Å². The molecule has 1 atom stereocenters. The van der Waals surface area contributed by atoms with Crippen LogP contribution in [0, 0.1) is 0 Å². The largest absolute Gasteiger partial charge is 0.494 e. The van der Waals surface area contributed by atoms with E-state index in [4.69, 9.17) is 14.2 Å². The summed E-state index contributed by atoms with van der Waals surface area (Å²) in [5.74, 6) is 1.80. The number of aromatic nitrogens is 4. The number of nitrogens with zero attached hydrogens (tertiary/aromatic N) is 5. The third-order valence-corrected chi connectivity index (χ3v) is 3.60. The van der Waals surface area contributed by atoms with E-state index in [9.17, 15) is 0 Å². The molecule has 2 aromatic heterocycles. The highest BCUT2D eigenvalue weighted by molar-refractivity contribution is 5.33. The molecule has 23 heavy (non-hydrogen) atoms. The number of methoxy groups -OCH3 is 2. The first-order valence-electron chi connectivity index (χ1n) is 7.43. The molecule has 0 N–H and O–H groups in total. The number of piperidine rings is 1. The maximum atomic E-state index is 5.86. The Hall–Kier alpha value is -2.64. The molecule has 1 aliphatic rings. The zero-order valence-corrected chi connectivity index (χ0v) is 13.2. The zero-order chi connectivity index (χ0) is 16.1. The molecular formula is C15H19N5O3. The van der Waals surface area contributed by atoms with E-state index in [1.165, 1.54) is 0 Å². The van der Waals surface area contributed by atoms with Gasteiger partial charge in [0, 0.05) is 18.8 Å². The minimum absolute atomic E-state index is 0.00746. The van der Waals surface area contributed by atoms with E-state index >= 15 is 0 Å². The van der Waals surface area contributed by atoms with E-state index in [0.717, 1.165) is 19.4 Å². The second-order valence-corrected chi connectivity index (χ2v) is 5.13. The molecule has 0 aliphatic carbocycles. The molecular weight excluding hydrogens is 298 g/mol. The van der Waals surface area contributed by atoms with Crippen molar-refractivity contribution in [1.82, 2.24) is 19.9 Å². The molecule has 0 bridgehead atoms. The lowest BCUT2D eigenvalue weighted by molar-refractivity contribution is 0.163. The van der Waals surface area contributed by atoms with Crippen LogP contribution in [0.1, 0.15) is 12.8 Å². The second-order valence-electron chi connectivity index (χ2n) is 5.13. The van der Waals surface area contributed by atoms with Crippen LogP contribution in [0.3, 0.4) is 0 Å². The Balaban J connectivity index is 1.65. The van der Waals surface area contributed by atoms with Crippen molar-refractivity contribution in [2.24, 2.45) is 0 Å². The Morgan fingerprint density at radius 1 is 1.13 bits per heavy atom. The smallest absolute Gasteiger partial charge is 0.316 e. The van der Waals surface area contributed by atoms with Crippen LogP contribution in [0.25, 0.3) is 0 Å². The van der Waals surface area contributed by atoms with E-state index in [1.807, 2.05) is 0 Å². The summed E-state index contributed by atoms with van der Waals surface area (Å²) in [6, 6.07) is 2.08. The molecule has 122 valence electrons. The van der Waals surface area contributed by atoms with Gasteiger partial charge in [0.2, 0.25) is 11.8 Å². The van der Waals surface area contributed by atoms with Crippen molar-refractivity contribution in [3.8, 4) is 17.6 Å². The maximum Gasteiger partial charge on any atom is 0.316 e. The minimum atomic E-state index is -0.00746. The van der Waals surface area contributed by atoms with Crippen molar-refractivity contribution in [3.63, 3.8) is 0 Å². The molecule has 0 amide bonds. The predicted molar refractivity (Wildman–Crippen MR) is 83.0 cm³/mol. The molecule has 0 radical (unpaired) electrons. The molecule has 0 saturated carbocycles. The Bertz CT molecular complexity index is 637. The third-order valence-electron chi connectivity index (χ3n) is 3.60. The SMILES string of the molecule is COc1cnc(OC2CCCN(c3nccc(OC)n3)C2)nc1. The predicted octanol–water partition coefficient (Wildman–Crippen LogP) is 1.33. The number of hydrogen-bond acceptors (Lipinski definition) is 8. The quantitative estimate of drug-likeness (QED) is 0.817. The maximum absolute atomic E-state index is 5.86. The van der Waals surface area contributed by atoms with E-state index in [-0.39, 0.29) is 6.10 Å². The third kappa shape index (κ3) is 3.77. The lowest BCUT2D eigenvalue weighted by Crippen LogP contribution is -2.42. The van der Waals surface area contributed by atoms with Crippen molar-refractivity contribution in [1.29, 1.82) is 0 Å². The van der Waals surface area contributed by atoms with E-state index in [2.05, 4.69) is 24.8 Å². The molecule has 8 heteroatoms. The summed E-state index contributed by atoms with van der Waals surface area (Å²) < 4.78 is 16.0. The fourth-order valence-corrected chi connectivity index (χ4v) is 2.43. The van der Waals surface area contributed by atoms with Crippen molar-refractivity contribution in [2.45, 2.75) is 18.9 Å². The van der Waals surface area contributed by atoms with Crippen LogP contribution in [0.5, 0.6) is 17.6 Å². The van der Waals surface area contributed by atoms with Gasteiger partial charge in [0.1, 0.15) is 6.10 Å². The summed E-state index contributed by atoms with van der Waals surface area (Å²) in [6.07, 6.45) is 6.80. The van der Waals surface area contributed by atoms with E-state index in [1.54, 1.807) is 38.9 Å². The average molecular weight is 317 g/mol. The highest BCUT2D eigenvalue weighted by Gasteiger charge is 2.24. The molecule has 3 rings (SSSR count). The molecule has 1 fully saturated rings. The van der Waals surface area contributed by atoms with Crippen molar-refractivity contribution < 1.29 is 14.2 Å². The van der Waals surface area contributed by atoms with Crippen LogP contribution >= 0.6 is 0 Å². The summed E-state index contributed by atoms with van der Waals surface area (Å²) in [6.45, 7) is 1.57.